The second-order valence-corrected chi connectivity index (χ2v) is 6.94. The largest absolute Gasteiger partial charge is 0.397 e. The van der Waals surface area contributed by atoms with Gasteiger partial charge in [-0.25, -0.2) is 0 Å². The SMILES string of the molecule is Nc1nsnc1NCCCCCOn1cc(CN2CCCCC2)cn1. The Bertz CT molecular complexity index is 624. The minimum absolute atomic E-state index is 0.479. The molecule has 0 unspecified atom stereocenters. The molecular weight excluding hydrogens is 338 g/mol. The number of nitrogens with zero attached hydrogens (tertiary/aromatic N) is 5. The van der Waals surface area contributed by atoms with Crippen LogP contribution in [0.2, 0.25) is 0 Å². The predicted octanol–water partition coefficient (Wildman–Crippen LogP) is 2.01. The van der Waals surface area contributed by atoms with Gasteiger partial charge in [-0.05, 0) is 45.2 Å². The number of nitrogens with two attached hydrogens (primary N) is 1. The van der Waals surface area contributed by atoms with E-state index in [4.69, 9.17) is 10.6 Å². The topological polar surface area (TPSA) is 94.1 Å². The average Bonchev–Trinajstić information content (AvgIpc) is 3.24. The number of anilines is 2. The first-order chi connectivity index (χ1) is 12.3. The van der Waals surface area contributed by atoms with E-state index in [9.17, 15) is 0 Å². The number of nitrogen functional groups attached to an aromatic ring is 1. The molecule has 138 valence electrons. The Morgan fingerprint density at radius 2 is 2.04 bits per heavy atom. The molecule has 25 heavy (non-hydrogen) atoms. The molecule has 0 amide bonds. The lowest BCUT2D eigenvalue weighted by molar-refractivity contribution is 0.0791. The van der Waals surface area contributed by atoms with Crippen molar-refractivity contribution in [1.82, 2.24) is 23.6 Å². The van der Waals surface area contributed by atoms with E-state index >= 15 is 0 Å². The van der Waals surface area contributed by atoms with Crippen LogP contribution >= 0.6 is 11.7 Å². The molecule has 1 aliphatic rings. The molecule has 3 N–H and O–H groups in total. The third-order valence-electron chi connectivity index (χ3n) is 4.32. The minimum Gasteiger partial charge on any atom is -0.397 e. The Balaban J connectivity index is 1.24. The highest BCUT2D eigenvalue weighted by Crippen LogP contribution is 2.14. The molecule has 9 heteroatoms. The van der Waals surface area contributed by atoms with Gasteiger partial charge in [-0.15, -0.1) is 9.94 Å². The summed E-state index contributed by atoms with van der Waals surface area (Å²) in [5.41, 5.74) is 6.89. The Morgan fingerprint density at radius 1 is 1.16 bits per heavy atom. The van der Waals surface area contributed by atoms with Gasteiger partial charge in [0.1, 0.15) is 6.61 Å². The molecule has 0 atom stereocenters. The Kier molecular flexibility index (Phi) is 6.87. The fourth-order valence-electron chi connectivity index (χ4n) is 2.95. The van der Waals surface area contributed by atoms with Gasteiger partial charge >= 0.3 is 0 Å². The number of piperidine rings is 1. The molecule has 1 fully saturated rings. The lowest BCUT2D eigenvalue weighted by Gasteiger charge is -2.25. The highest BCUT2D eigenvalue weighted by Gasteiger charge is 2.11. The molecule has 0 saturated carbocycles. The van der Waals surface area contributed by atoms with Crippen molar-refractivity contribution in [2.24, 2.45) is 0 Å². The first-order valence-corrected chi connectivity index (χ1v) is 9.75. The molecule has 0 aliphatic carbocycles. The summed E-state index contributed by atoms with van der Waals surface area (Å²) < 4.78 is 8.02. The van der Waals surface area contributed by atoms with Crippen molar-refractivity contribution < 1.29 is 4.84 Å². The fraction of sp³-hybridized carbons (Fsp3) is 0.688. The zero-order valence-electron chi connectivity index (χ0n) is 14.6. The van der Waals surface area contributed by atoms with E-state index in [-0.39, 0.29) is 0 Å². The van der Waals surface area contributed by atoms with Crippen molar-refractivity contribution in [2.75, 3.05) is 37.3 Å². The molecule has 2 aromatic heterocycles. The highest BCUT2D eigenvalue weighted by molar-refractivity contribution is 6.99. The lowest BCUT2D eigenvalue weighted by atomic mass is 10.1. The maximum atomic E-state index is 5.67. The van der Waals surface area contributed by atoms with Crippen LogP contribution in [0.1, 0.15) is 44.1 Å². The summed E-state index contributed by atoms with van der Waals surface area (Å²) in [4.78, 5) is 9.76. The van der Waals surface area contributed by atoms with E-state index in [1.165, 1.54) is 37.9 Å². The monoisotopic (exact) mass is 365 g/mol. The number of nitrogens with one attached hydrogen (secondary N) is 1. The van der Waals surface area contributed by atoms with Crippen LogP contribution in [0.15, 0.2) is 12.4 Å². The standard InChI is InChI=1S/C16H27N7OS/c17-15-16(21-25-20-15)18-7-3-1-6-10-24-23-13-14(11-19-23)12-22-8-4-2-5-9-22/h11,13H,1-10,12H2,(H2,17,20)(H,18,21). The molecule has 8 nitrogen and oxygen atoms in total. The summed E-state index contributed by atoms with van der Waals surface area (Å²) in [5.74, 6) is 1.17. The fourth-order valence-corrected chi connectivity index (χ4v) is 3.41. The zero-order valence-corrected chi connectivity index (χ0v) is 15.4. The van der Waals surface area contributed by atoms with Crippen molar-refractivity contribution >= 4 is 23.4 Å². The second-order valence-electron chi connectivity index (χ2n) is 6.41. The number of hydrogen-bond acceptors (Lipinski definition) is 8. The molecule has 3 heterocycles. The molecular formula is C16H27N7OS. The molecule has 2 aromatic rings. The van der Waals surface area contributed by atoms with Gasteiger partial charge in [0.05, 0.1) is 24.1 Å². The summed E-state index contributed by atoms with van der Waals surface area (Å²) in [6.07, 6.45) is 11.0. The second kappa shape index (κ2) is 9.57. The van der Waals surface area contributed by atoms with Gasteiger partial charge in [0, 0.05) is 18.7 Å². The van der Waals surface area contributed by atoms with Crippen LogP contribution in [0.25, 0.3) is 0 Å². The lowest BCUT2D eigenvalue weighted by Crippen LogP contribution is -2.28. The van der Waals surface area contributed by atoms with Crippen LogP contribution in [0.4, 0.5) is 11.6 Å². The van der Waals surface area contributed by atoms with Gasteiger partial charge in [-0.2, -0.15) is 8.75 Å². The molecule has 0 radical (unpaired) electrons. The first-order valence-electron chi connectivity index (χ1n) is 9.02. The number of likely N-dealkylation sites (tertiary alicyclic amines) is 1. The van der Waals surface area contributed by atoms with Crippen molar-refractivity contribution in [3.05, 3.63) is 18.0 Å². The van der Waals surface area contributed by atoms with Crippen molar-refractivity contribution in [3.8, 4) is 0 Å². The third kappa shape index (κ3) is 5.86. The van der Waals surface area contributed by atoms with Gasteiger partial charge in [0.15, 0.2) is 11.6 Å². The van der Waals surface area contributed by atoms with Crippen LogP contribution in [-0.2, 0) is 6.54 Å². The van der Waals surface area contributed by atoms with Crippen molar-refractivity contribution in [3.63, 3.8) is 0 Å². The van der Waals surface area contributed by atoms with E-state index < -0.39 is 0 Å². The third-order valence-corrected chi connectivity index (χ3v) is 4.86. The van der Waals surface area contributed by atoms with Gasteiger partial charge in [0.25, 0.3) is 0 Å². The molecule has 0 spiro atoms. The molecule has 3 rings (SSSR count). The normalized spacial score (nSPS) is 15.4. The van der Waals surface area contributed by atoms with Crippen LogP contribution in [0.3, 0.4) is 0 Å². The number of unbranched alkanes of at least 4 members (excludes halogenated alkanes) is 2. The molecule has 0 bridgehead atoms. The van der Waals surface area contributed by atoms with Crippen LogP contribution in [0.5, 0.6) is 0 Å². The molecule has 1 aliphatic heterocycles. The minimum atomic E-state index is 0.479. The summed E-state index contributed by atoms with van der Waals surface area (Å²) in [7, 11) is 0. The quantitative estimate of drug-likeness (QED) is 0.622. The van der Waals surface area contributed by atoms with E-state index in [2.05, 4.69) is 24.1 Å². The molecule has 1 saturated heterocycles. The van der Waals surface area contributed by atoms with E-state index in [0.29, 0.717) is 18.2 Å². The summed E-state index contributed by atoms with van der Waals surface area (Å²) in [6.45, 7) is 4.89. The van der Waals surface area contributed by atoms with Crippen LogP contribution < -0.4 is 15.9 Å². The summed E-state index contributed by atoms with van der Waals surface area (Å²) >= 11 is 1.13. The van der Waals surface area contributed by atoms with E-state index in [1.807, 2.05) is 12.4 Å². The van der Waals surface area contributed by atoms with Gasteiger partial charge in [-0.3, -0.25) is 4.90 Å². The van der Waals surface area contributed by atoms with Gasteiger partial charge < -0.3 is 15.9 Å². The highest BCUT2D eigenvalue weighted by atomic mass is 32.1. The van der Waals surface area contributed by atoms with Gasteiger partial charge in [-0.1, -0.05) is 6.42 Å². The average molecular weight is 366 g/mol. The Morgan fingerprint density at radius 3 is 2.84 bits per heavy atom. The van der Waals surface area contributed by atoms with Crippen LogP contribution in [0, 0.1) is 0 Å². The smallest absolute Gasteiger partial charge is 0.184 e. The first kappa shape index (κ1) is 17.9. The number of hydrogen-bond donors (Lipinski definition) is 2. The Hall–Kier alpha value is -1.87. The van der Waals surface area contributed by atoms with Crippen molar-refractivity contribution in [1.29, 1.82) is 0 Å². The van der Waals surface area contributed by atoms with E-state index in [0.717, 1.165) is 44.1 Å². The summed E-state index contributed by atoms with van der Waals surface area (Å²) in [6, 6.07) is 0. The van der Waals surface area contributed by atoms with Crippen molar-refractivity contribution in [2.45, 2.75) is 45.1 Å². The number of rotatable bonds is 10. The zero-order chi connectivity index (χ0) is 17.3. The summed E-state index contributed by atoms with van der Waals surface area (Å²) in [5, 5.41) is 7.48. The predicted molar refractivity (Wildman–Crippen MR) is 99.5 cm³/mol. The molecule has 0 aromatic carbocycles. The maximum absolute atomic E-state index is 5.67. The van der Waals surface area contributed by atoms with Crippen LogP contribution in [-0.4, -0.2) is 49.8 Å². The van der Waals surface area contributed by atoms with E-state index in [1.54, 1.807) is 4.85 Å². The maximum Gasteiger partial charge on any atom is 0.184 e. The number of aromatic nitrogens is 4. The van der Waals surface area contributed by atoms with Gasteiger partial charge in [0.2, 0.25) is 0 Å². The Labute approximate surface area is 152 Å².